The van der Waals surface area contributed by atoms with Crippen molar-refractivity contribution < 1.29 is 9.53 Å². The number of rotatable bonds is 5. The molecule has 0 saturated heterocycles. The van der Waals surface area contributed by atoms with Crippen LogP contribution < -0.4 is 10.1 Å². The van der Waals surface area contributed by atoms with Gasteiger partial charge in [-0.05, 0) is 45.6 Å². The standard InChI is InChI=1S/C16H18BrNO2S/c1-16(2,14-5-4-8-21-14)10-18-15(19)11-6-7-13(20-3)12(17)9-11/h4-9H,10H2,1-3H3,(H,18,19). The van der Waals surface area contributed by atoms with Gasteiger partial charge in [0.2, 0.25) is 0 Å². The van der Waals surface area contributed by atoms with E-state index in [0.717, 1.165) is 4.47 Å². The van der Waals surface area contributed by atoms with Crippen molar-refractivity contribution in [2.75, 3.05) is 13.7 Å². The molecule has 0 aliphatic heterocycles. The van der Waals surface area contributed by atoms with Gasteiger partial charge < -0.3 is 10.1 Å². The van der Waals surface area contributed by atoms with Crippen LogP contribution in [0.1, 0.15) is 29.1 Å². The quantitative estimate of drug-likeness (QED) is 0.858. The Hall–Kier alpha value is -1.33. The maximum atomic E-state index is 12.2. The smallest absolute Gasteiger partial charge is 0.251 e. The molecule has 112 valence electrons. The molecule has 0 unspecified atom stereocenters. The Labute approximate surface area is 137 Å². The number of hydrogen-bond acceptors (Lipinski definition) is 3. The number of hydrogen-bond donors (Lipinski definition) is 1. The fourth-order valence-electron chi connectivity index (χ4n) is 1.96. The van der Waals surface area contributed by atoms with Crippen LogP contribution in [0, 0.1) is 0 Å². The Balaban J connectivity index is 2.03. The van der Waals surface area contributed by atoms with E-state index < -0.39 is 0 Å². The highest BCUT2D eigenvalue weighted by Crippen LogP contribution is 2.27. The summed E-state index contributed by atoms with van der Waals surface area (Å²) >= 11 is 5.10. The molecule has 1 amide bonds. The summed E-state index contributed by atoms with van der Waals surface area (Å²) in [7, 11) is 1.60. The van der Waals surface area contributed by atoms with Gasteiger partial charge >= 0.3 is 0 Å². The predicted octanol–water partition coefficient (Wildman–Crippen LogP) is 4.23. The molecule has 0 atom stereocenters. The van der Waals surface area contributed by atoms with Crippen LogP contribution in [-0.2, 0) is 5.41 Å². The van der Waals surface area contributed by atoms with E-state index in [-0.39, 0.29) is 11.3 Å². The first-order chi connectivity index (χ1) is 9.94. The molecular formula is C16H18BrNO2S. The van der Waals surface area contributed by atoms with Gasteiger partial charge in [-0.25, -0.2) is 0 Å². The van der Waals surface area contributed by atoms with Gasteiger partial charge in [-0.2, -0.15) is 0 Å². The fraction of sp³-hybridized carbons (Fsp3) is 0.312. The molecule has 2 rings (SSSR count). The molecule has 0 aliphatic carbocycles. The number of benzene rings is 1. The second kappa shape index (κ2) is 6.62. The maximum absolute atomic E-state index is 12.2. The molecule has 21 heavy (non-hydrogen) atoms. The number of carbonyl (C=O) groups is 1. The molecule has 0 spiro atoms. The number of amides is 1. The molecule has 1 heterocycles. The van der Waals surface area contributed by atoms with Crippen LogP contribution in [0.5, 0.6) is 5.75 Å². The van der Waals surface area contributed by atoms with Gasteiger partial charge in [0.1, 0.15) is 5.75 Å². The molecule has 3 nitrogen and oxygen atoms in total. The average Bonchev–Trinajstić information content (AvgIpc) is 2.99. The Kier molecular flexibility index (Phi) is 5.06. The van der Waals surface area contributed by atoms with E-state index in [1.807, 2.05) is 6.07 Å². The molecule has 1 aromatic heterocycles. The van der Waals surface area contributed by atoms with Gasteiger partial charge in [0.05, 0.1) is 11.6 Å². The number of halogens is 1. The normalized spacial score (nSPS) is 11.2. The number of nitrogens with one attached hydrogen (secondary N) is 1. The van der Waals surface area contributed by atoms with Gasteiger partial charge in [0, 0.05) is 22.4 Å². The number of methoxy groups -OCH3 is 1. The van der Waals surface area contributed by atoms with Crippen molar-refractivity contribution in [3.05, 3.63) is 50.6 Å². The molecule has 5 heteroatoms. The molecule has 0 radical (unpaired) electrons. The summed E-state index contributed by atoms with van der Waals surface area (Å²) < 4.78 is 5.94. The molecule has 1 aromatic carbocycles. The van der Waals surface area contributed by atoms with E-state index in [9.17, 15) is 4.79 Å². The minimum Gasteiger partial charge on any atom is -0.496 e. The van der Waals surface area contributed by atoms with Gasteiger partial charge in [-0.15, -0.1) is 11.3 Å². The van der Waals surface area contributed by atoms with E-state index in [4.69, 9.17) is 4.74 Å². The van der Waals surface area contributed by atoms with Crippen LogP contribution in [0.3, 0.4) is 0 Å². The van der Waals surface area contributed by atoms with Crippen LogP contribution in [0.25, 0.3) is 0 Å². The first-order valence-corrected chi connectivity index (χ1v) is 8.27. The highest BCUT2D eigenvalue weighted by atomic mass is 79.9. The zero-order valence-electron chi connectivity index (χ0n) is 12.3. The van der Waals surface area contributed by atoms with Crippen molar-refractivity contribution in [2.24, 2.45) is 0 Å². The second-order valence-corrected chi connectivity index (χ2v) is 7.20. The predicted molar refractivity (Wildman–Crippen MR) is 90.4 cm³/mol. The van der Waals surface area contributed by atoms with Crippen molar-refractivity contribution in [3.8, 4) is 5.75 Å². The molecule has 0 aliphatic rings. The summed E-state index contributed by atoms with van der Waals surface area (Å²) in [6, 6.07) is 9.44. The molecule has 1 N–H and O–H groups in total. The second-order valence-electron chi connectivity index (χ2n) is 5.39. The van der Waals surface area contributed by atoms with E-state index in [1.165, 1.54) is 4.88 Å². The Morgan fingerprint density at radius 1 is 1.38 bits per heavy atom. The lowest BCUT2D eigenvalue weighted by molar-refractivity contribution is 0.0946. The number of ether oxygens (including phenoxy) is 1. The summed E-state index contributed by atoms with van der Waals surface area (Å²) in [5.41, 5.74) is 0.540. The van der Waals surface area contributed by atoms with Crippen molar-refractivity contribution >= 4 is 33.2 Å². The Bertz CT molecular complexity index is 623. The highest BCUT2D eigenvalue weighted by Gasteiger charge is 2.22. The van der Waals surface area contributed by atoms with Crippen LogP contribution in [-0.4, -0.2) is 19.6 Å². The number of thiophene rings is 1. The van der Waals surface area contributed by atoms with Crippen LogP contribution in [0.4, 0.5) is 0 Å². The first-order valence-electron chi connectivity index (χ1n) is 6.60. The highest BCUT2D eigenvalue weighted by molar-refractivity contribution is 9.10. The van der Waals surface area contributed by atoms with E-state index in [0.29, 0.717) is 17.9 Å². The number of carbonyl (C=O) groups excluding carboxylic acids is 1. The fourth-order valence-corrected chi connectivity index (χ4v) is 3.35. The van der Waals surface area contributed by atoms with Gasteiger partial charge in [-0.3, -0.25) is 4.79 Å². The zero-order valence-corrected chi connectivity index (χ0v) is 14.7. The molecule has 0 fully saturated rings. The molecule has 0 bridgehead atoms. The van der Waals surface area contributed by atoms with E-state index >= 15 is 0 Å². The minimum atomic E-state index is -0.0806. The van der Waals surface area contributed by atoms with Gasteiger partial charge in [0.15, 0.2) is 0 Å². The molecule has 0 saturated carbocycles. The Morgan fingerprint density at radius 3 is 2.71 bits per heavy atom. The summed E-state index contributed by atoms with van der Waals surface area (Å²) in [6.45, 7) is 4.85. The van der Waals surface area contributed by atoms with Crippen molar-refractivity contribution in [3.63, 3.8) is 0 Å². The lowest BCUT2D eigenvalue weighted by Crippen LogP contribution is -2.36. The first kappa shape index (κ1) is 16.0. The lowest BCUT2D eigenvalue weighted by Gasteiger charge is -2.23. The van der Waals surface area contributed by atoms with Crippen molar-refractivity contribution in [1.82, 2.24) is 5.32 Å². The third-order valence-corrected chi connectivity index (χ3v) is 5.15. The summed E-state index contributed by atoms with van der Waals surface area (Å²) in [5, 5.41) is 5.05. The largest absolute Gasteiger partial charge is 0.496 e. The summed E-state index contributed by atoms with van der Waals surface area (Å²) in [4.78, 5) is 13.5. The van der Waals surface area contributed by atoms with Gasteiger partial charge in [0.25, 0.3) is 5.91 Å². The van der Waals surface area contributed by atoms with Crippen LogP contribution in [0.15, 0.2) is 40.2 Å². The van der Waals surface area contributed by atoms with E-state index in [1.54, 1.807) is 36.6 Å². The lowest BCUT2D eigenvalue weighted by atomic mass is 9.91. The van der Waals surface area contributed by atoms with E-state index in [2.05, 4.69) is 46.5 Å². The minimum absolute atomic E-state index is 0.0759. The monoisotopic (exact) mass is 367 g/mol. The zero-order chi connectivity index (χ0) is 15.5. The third kappa shape index (κ3) is 3.86. The van der Waals surface area contributed by atoms with Gasteiger partial charge in [-0.1, -0.05) is 19.9 Å². The Morgan fingerprint density at radius 2 is 2.14 bits per heavy atom. The van der Waals surface area contributed by atoms with Crippen LogP contribution >= 0.6 is 27.3 Å². The summed E-state index contributed by atoms with van der Waals surface area (Å²) in [5.74, 6) is 0.633. The third-order valence-electron chi connectivity index (χ3n) is 3.29. The average molecular weight is 368 g/mol. The maximum Gasteiger partial charge on any atom is 0.251 e. The topological polar surface area (TPSA) is 38.3 Å². The molecule has 2 aromatic rings. The van der Waals surface area contributed by atoms with Crippen molar-refractivity contribution in [1.29, 1.82) is 0 Å². The van der Waals surface area contributed by atoms with Crippen LogP contribution in [0.2, 0.25) is 0 Å². The summed E-state index contributed by atoms with van der Waals surface area (Å²) in [6.07, 6.45) is 0. The molecular weight excluding hydrogens is 350 g/mol. The van der Waals surface area contributed by atoms with Crippen molar-refractivity contribution in [2.45, 2.75) is 19.3 Å². The SMILES string of the molecule is COc1ccc(C(=O)NCC(C)(C)c2cccs2)cc1Br.